The van der Waals surface area contributed by atoms with Crippen molar-refractivity contribution in [2.75, 3.05) is 19.7 Å². The van der Waals surface area contributed by atoms with E-state index in [1.807, 2.05) is 37.3 Å². The van der Waals surface area contributed by atoms with Crippen LogP contribution in [0, 0.1) is 0 Å². The average molecular weight is 384 g/mol. The van der Waals surface area contributed by atoms with Gasteiger partial charge < -0.3 is 20.1 Å². The molecule has 0 fully saturated rings. The Hall–Kier alpha value is -3.35. The highest BCUT2D eigenvalue weighted by Crippen LogP contribution is 2.15. The number of para-hydroxylation sites is 1. The van der Waals surface area contributed by atoms with Gasteiger partial charge in [-0.05, 0) is 24.6 Å². The lowest BCUT2D eigenvalue weighted by Crippen LogP contribution is -2.39. The Morgan fingerprint density at radius 3 is 2.36 bits per heavy atom. The van der Waals surface area contributed by atoms with Gasteiger partial charge in [0.2, 0.25) is 5.91 Å². The number of rotatable bonds is 10. The van der Waals surface area contributed by atoms with E-state index in [0.29, 0.717) is 23.4 Å². The Kier molecular flexibility index (Phi) is 8.52. The van der Waals surface area contributed by atoms with E-state index in [9.17, 15) is 14.4 Å². The summed E-state index contributed by atoms with van der Waals surface area (Å²) in [7, 11) is 0. The quantitative estimate of drug-likeness (QED) is 0.612. The third kappa shape index (κ3) is 7.11. The SMILES string of the molecule is CCCNC(=O)CNC(=O)COC(=O)c1ccccc1COc1ccccc1. The van der Waals surface area contributed by atoms with Crippen LogP contribution in [-0.2, 0) is 20.9 Å². The lowest BCUT2D eigenvalue weighted by molar-refractivity contribution is -0.127. The van der Waals surface area contributed by atoms with E-state index in [1.54, 1.807) is 24.3 Å². The van der Waals surface area contributed by atoms with E-state index < -0.39 is 18.5 Å². The summed E-state index contributed by atoms with van der Waals surface area (Å²) in [6.45, 7) is 2.05. The summed E-state index contributed by atoms with van der Waals surface area (Å²) in [6, 6.07) is 16.1. The molecule has 0 unspecified atom stereocenters. The van der Waals surface area contributed by atoms with Crippen molar-refractivity contribution in [3.8, 4) is 5.75 Å². The minimum atomic E-state index is -0.627. The Labute approximate surface area is 164 Å². The average Bonchev–Trinajstić information content (AvgIpc) is 2.74. The van der Waals surface area contributed by atoms with Crippen molar-refractivity contribution in [3.63, 3.8) is 0 Å². The van der Waals surface area contributed by atoms with Crippen LogP contribution in [0.1, 0.15) is 29.3 Å². The monoisotopic (exact) mass is 384 g/mol. The maximum Gasteiger partial charge on any atom is 0.339 e. The minimum Gasteiger partial charge on any atom is -0.489 e. The molecule has 0 aromatic heterocycles. The van der Waals surface area contributed by atoms with Gasteiger partial charge in [-0.1, -0.05) is 43.3 Å². The zero-order valence-electron chi connectivity index (χ0n) is 15.8. The third-order valence-electron chi connectivity index (χ3n) is 3.73. The van der Waals surface area contributed by atoms with E-state index in [0.717, 1.165) is 6.42 Å². The molecular formula is C21H24N2O5. The van der Waals surface area contributed by atoms with Gasteiger partial charge in [-0.15, -0.1) is 0 Å². The van der Waals surface area contributed by atoms with E-state index in [1.165, 1.54) is 0 Å². The van der Waals surface area contributed by atoms with Gasteiger partial charge in [0.25, 0.3) is 5.91 Å². The van der Waals surface area contributed by atoms with Crippen molar-refractivity contribution in [3.05, 3.63) is 65.7 Å². The van der Waals surface area contributed by atoms with Crippen LogP contribution in [0.5, 0.6) is 5.75 Å². The van der Waals surface area contributed by atoms with Crippen molar-refractivity contribution in [1.82, 2.24) is 10.6 Å². The molecule has 0 aliphatic rings. The van der Waals surface area contributed by atoms with Crippen molar-refractivity contribution in [1.29, 1.82) is 0 Å². The van der Waals surface area contributed by atoms with Gasteiger partial charge in [0, 0.05) is 12.1 Å². The van der Waals surface area contributed by atoms with Crippen molar-refractivity contribution < 1.29 is 23.9 Å². The first-order chi connectivity index (χ1) is 13.6. The van der Waals surface area contributed by atoms with Crippen LogP contribution in [-0.4, -0.2) is 37.5 Å². The first kappa shape index (κ1) is 21.0. The molecule has 7 heteroatoms. The van der Waals surface area contributed by atoms with Crippen LogP contribution in [0.2, 0.25) is 0 Å². The first-order valence-electron chi connectivity index (χ1n) is 9.06. The van der Waals surface area contributed by atoms with E-state index in [-0.39, 0.29) is 19.1 Å². The fourth-order valence-corrected chi connectivity index (χ4v) is 2.29. The normalized spacial score (nSPS) is 10.0. The molecule has 2 aromatic rings. The molecule has 2 amide bonds. The smallest absolute Gasteiger partial charge is 0.339 e. The van der Waals surface area contributed by atoms with Gasteiger partial charge in [-0.3, -0.25) is 9.59 Å². The molecular weight excluding hydrogens is 360 g/mol. The zero-order chi connectivity index (χ0) is 20.2. The molecule has 0 saturated carbocycles. The highest BCUT2D eigenvalue weighted by atomic mass is 16.5. The molecule has 0 spiro atoms. The second-order valence-corrected chi connectivity index (χ2v) is 5.96. The number of ether oxygens (including phenoxy) is 2. The zero-order valence-corrected chi connectivity index (χ0v) is 15.8. The van der Waals surface area contributed by atoms with Gasteiger partial charge in [0.05, 0.1) is 12.1 Å². The van der Waals surface area contributed by atoms with Crippen molar-refractivity contribution >= 4 is 17.8 Å². The summed E-state index contributed by atoms with van der Waals surface area (Å²) in [5.41, 5.74) is 0.975. The molecule has 0 saturated heterocycles. The molecule has 0 heterocycles. The molecule has 148 valence electrons. The number of benzene rings is 2. The van der Waals surface area contributed by atoms with Crippen LogP contribution in [0.15, 0.2) is 54.6 Å². The number of nitrogens with one attached hydrogen (secondary N) is 2. The Bertz CT molecular complexity index is 792. The van der Waals surface area contributed by atoms with Gasteiger partial charge in [-0.2, -0.15) is 0 Å². The molecule has 7 nitrogen and oxygen atoms in total. The summed E-state index contributed by atoms with van der Waals surface area (Å²) < 4.78 is 10.7. The fraction of sp³-hybridized carbons (Fsp3) is 0.286. The highest BCUT2D eigenvalue weighted by molar-refractivity contribution is 5.93. The number of esters is 1. The third-order valence-corrected chi connectivity index (χ3v) is 3.73. The molecule has 0 aliphatic heterocycles. The number of hydrogen-bond acceptors (Lipinski definition) is 5. The van der Waals surface area contributed by atoms with Gasteiger partial charge >= 0.3 is 5.97 Å². The molecule has 2 rings (SSSR count). The van der Waals surface area contributed by atoms with E-state index >= 15 is 0 Å². The van der Waals surface area contributed by atoms with Crippen LogP contribution >= 0.6 is 0 Å². The molecule has 0 bridgehead atoms. The first-order valence-corrected chi connectivity index (χ1v) is 9.06. The van der Waals surface area contributed by atoms with Gasteiger partial charge in [-0.25, -0.2) is 4.79 Å². The number of hydrogen-bond donors (Lipinski definition) is 2. The van der Waals surface area contributed by atoms with E-state index in [2.05, 4.69) is 10.6 Å². The topological polar surface area (TPSA) is 93.7 Å². The predicted molar refractivity (Wildman–Crippen MR) is 104 cm³/mol. The van der Waals surface area contributed by atoms with Crippen molar-refractivity contribution in [2.24, 2.45) is 0 Å². The summed E-state index contributed by atoms with van der Waals surface area (Å²) in [4.78, 5) is 35.5. The van der Waals surface area contributed by atoms with Crippen molar-refractivity contribution in [2.45, 2.75) is 20.0 Å². The number of amides is 2. The van der Waals surface area contributed by atoms with Crippen LogP contribution in [0.3, 0.4) is 0 Å². The molecule has 0 radical (unpaired) electrons. The second kappa shape index (κ2) is 11.4. The predicted octanol–water partition coefficient (Wildman–Crippen LogP) is 2.06. The highest BCUT2D eigenvalue weighted by Gasteiger charge is 2.15. The summed E-state index contributed by atoms with van der Waals surface area (Å²) in [5, 5.41) is 5.04. The molecule has 0 aliphatic carbocycles. The Balaban J connectivity index is 1.83. The maximum absolute atomic E-state index is 12.3. The van der Waals surface area contributed by atoms with Crippen LogP contribution in [0.4, 0.5) is 0 Å². The molecule has 0 atom stereocenters. The summed E-state index contributed by atoms with van der Waals surface area (Å²) in [6.07, 6.45) is 0.810. The van der Waals surface area contributed by atoms with Gasteiger partial charge in [0.15, 0.2) is 6.61 Å². The second-order valence-electron chi connectivity index (χ2n) is 5.96. The molecule has 28 heavy (non-hydrogen) atoms. The largest absolute Gasteiger partial charge is 0.489 e. The lowest BCUT2D eigenvalue weighted by atomic mass is 10.1. The Morgan fingerprint density at radius 2 is 1.61 bits per heavy atom. The lowest BCUT2D eigenvalue weighted by Gasteiger charge is -2.11. The van der Waals surface area contributed by atoms with E-state index in [4.69, 9.17) is 9.47 Å². The summed E-state index contributed by atoms with van der Waals surface area (Å²) >= 11 is 0. The van der Waals surface area contributed by atoms with Crippen LogP contribution in [0.25, 0.3) is 0 Å². The molecule has 2 N–H and O–H groups in total. The fourth-order valence-electron chi connectivity index (χ4n) is 2.29. The number of carbonyl (C=O) groups excluding carboxylic acids is 3. The minimum absolute atomic E-state index is 0.155. The maximum atomic E-state index is 12.3. The Morgan fingerprint density at radius 1 is 0.893 bits per heavy atom. The molecule has 2 aromatic carbocycles. The standard InChI is InChI=1S/C21H24N2O5/c1-2-12-22-19(24)13-23-20(25)15-28-21(26)18-11-7-6-8-16(18)14-27-17-9-4-3-5-10-17/h3-11H,2,12-15H2,1H3,(H,22,24)(H,23,25). The van der Waals surface area contributed by atoms with Gasteiger partial charge in [0.1, 0.15) is 12.4 Å². The number of carbonyl (C=O) groups is 3. The summed E-state index contributed by atoms with van der Waals surface area (Å²) in [5.74, 6) is -0.771. The van der Waals surface area contributed by atoms with Crippen LogP contribution < -0.4 is 15.4 Å².